The predicted octanol–water partition coefficient (Wildman–Crippen LogP) is 16.3. The summed E-state index contributed by atoms with van der Waals surface area (Å²) in [4.78, 5) is 37.9. The molecule has 0 fully saturated rings. The van der Waals surface area contributed by atoms with Crippen LogP contribution in [0, 0.1) is 0 Å². The van der Waals surface area contributed by atoms with Crippen molar-refractivity contribution in [1.29, 1.82) is 0 Å². The number of rotatable bonds is 44. The molecule has 0 rings (SSSR count). The SMILES string of the molecule is CC/C=C\C/C=C\C/C=C\C/C=C\CCCCCCCCC(=O)OCC(COC(=O)CCCCC/C=C\C=C/CCCC)OC(=O)CCCCCCCCCCCCCC. The number of hydrogen-bond acceptors (Lipinski definition) is 6. The Bertz CT molecular complexity index is 1140. The molecule has 0 aliphatic heterocycles. The van der Waals surface area contributed by atoms with Crippen LogP contribution in [0.15, 0.2) is 72.9 Å². The van der Waals surface area contributed by atoms with Crippen LogP contribution in [0.2, 0.25) is 0 Å². The van der Waals surface area contributed by atoms with Crippen molar-refractivity contribution in [3.63, 3.8) is 0 Å². The number of allylic oxidation sites excluding steroid dienone is 12. The van der Waals surface area contributed by atoms with Crippen LogP contribution in [-0.4, -0.2) is 37.2 Å². The lowest BCUT2D eigenvalue weighted by Crippen LogP contribution is -2.30. The van der Waals surface area contributed by atoms with Crippen molar-refractivity contribution in [2.24, 2.45) is 0 Å². The van der Waals surface area contributed by atoms with Gasteiger partial charge in [-0.2, -0.15) is 0 Å². The van der Waals surface area contributed by atoms with E-state index in [1.807, 2.05) is 0 Å². The summed E-state index contributed by atoms with van der Waals surface area (Å²) in [6, 6.07) is 0. The first-order valence-corrected chi connectivity index (χ1v) is 25.0. The zero-order valence-electron chi connectivity index (χ0n) is 39.2. The molecule has 60 heavy (non-hydrogen) atoms. The molecule has 6 nitrogen and oxygen atoms in total. The van der Waals surface area contributed by atoms with E-state index >= 15 is 0 Å². The first-order chi connectivity index (χ1) is 29.5. The van der Waals surface area contributed by atoms with Gasteiger partial charge in [-0.25, -0.2) is 0 Å². The van der Waals surface area contributed by atoms with Crippen molar-refractivity contribution >= 4 is 17.9 Å². The minimum absolute atomic E-state index is 0.0905. The van der Waals surface area contributed by atoms with Gasteiger partial charge in [-0.1, -0.05) is 209 Å². The summed E-state index contributed by atoms with van der Waals surface area (Å²) in [7, 11) is 0. The Morgan fingerprint density at radius 1 is 0.367 bits per heavy atom. The summed E-state index contributed by atoms with van der Waals surface area (Å²) >= 11 is 0. The van der Waals surface area contributed by atoms with E-state index in [0.717, 1.165) is 103 Å². The molecule has 0 aromatic heterocycles. The zero-order chi connectivity index (χ0) is 43.7. The molecular formula is C54H92O6. The quantitative estimate of drug-likeness (QED) is 0.0200. The van der Waals surface area contributed by atoms with Gasteiger partial charge in [-0.05, 0) is 77.0 Å². The van der Waals surface area contributed by atoms with E-state index in [9.17, 15) is 14.4 Å². The Morgan fingerprint density at radius 3 is 1.18 bits per heavy atom. The summed E-state index contributed by atoms with van der Waals surface area (Å²) in [5, 5.41) is 0. The molecule has 1 atom stereocenters. The summed E-state index contributed by atoms with van der Waals surface area (Å²) in [6.45, 7) is 6.43. The van der Waals surface area contributed by atoms with Gasteiger partial charge >= 0.3 is 17.9 Å². The van der Waals surface area contributed by atoms with Crippen molar-refractivity contribution in [1.82, 2.24) is 0 Å². The van der Waals surface area contributed by atoms with E-state index < -0.39 is 6.10 Å². The van der Waals surface area contributed by atoms with Crippen LogP contribution in [0.4, 0.5) is 0 Å². The number of unbranched alkanes of at least 4 members (excludes halogenated alkanes) is 22. The van der Waals surface area contributed by atoms with Gasteiger partial charge in [0.2, 0.25) is 0 Å². The van der Waals surface area contributed by atoms with Crippen LogP contribution >= 0.6 is 0 Å². The van der Waals surface area contributed by atoms with E-state index in [2.05, 4.69) is 93.7 Å². The molecule has 0 spiro atoms. The number of carbonyl (C=O) groups excluding carboxylic acids is 3. The third-order valence-corrected chi connectivity index (χ3v) is 10.5. The molecule has 6 heteroatoms. The molecule has 0 bridgehead atoms. The zero-order valence-corrected chi connectivity index (χ0v) is 39.2. The highest BCUT2D eigenvalue weighted by molar-refractivity contribution is 5.71. The largest absolute Gasteiger partial charge is 0.462 e. The fourth-order valence-corrected chi connectivity index (χ4v) is 6.70. The Hall–Kier alpha value is -3.15. The van der Waals surface area contributed by atoms with Gasteiger partial charge in [0.25, 0.3) is 0 Å². The second kappa shape index (κ2) is 48.5. The second-order valence-electron chi connectivity index (χ2n) is 16.4. The highest BCUT2D eigenvalue weighted by Crippen LogP contribution is 2.14. The molecule has 0 N–H and O–H groups in total. The summed E-state index contributed by atoms with van der Waals surface area (Å²) in [5.41, 5.74) is 0. The lowest BCUT2D eigenvalue weighted by Gasteiger charge is -2.18. The Morgan fingerprint density at radius 2 is 0.717 bits per heavy atom. The first-order valence-electron chi connectivity index (χ1n) is 25.0. The van der Waals surface area contributed by atoms with E-state index in [4.69, 9.17) is 14.2 Å². The van der Waals surface area contributed by atoms with Crippen LogP contribution in [-0.2, 0) is 28.6 Å². The summed E-state index contributed by atoms with van der Waals surface area (Å²) in [5.74, 6) is -0.932. The monoisotopic (exact) mass is 837 g/mol. The third-order valence-electron chi connectivity index (χ3n) is 10.5. The average Bonchev–Trinajstić information content (AvgIpc) is 3.24. The smallest absolute Gasteiger partial charge is 0.306 e. The number of carbonyl (C=O) groups is 3. The van der Waals surface area contributed by atoms with Crippen LogP contribution in [0.1, 0.15) is 233 Å². The van der Waals surface area contributed by atoms with Gasteiger partial charge in [0.1, 0.15) is 13.2 Å². The molecular weight excluding hydrogens is 745 g/mol. The fraction of sp³-hybridized carbons (Fsp3) is 0.722. The molecule has 344 valence electrons. The lowest BCUT2D eigenvalue weighted by atomic mass is 10.0. The molecule has 0 heterocycles. The van der Waals surface area contributed by atoms with E-state index in [-0.39, 0.29) is 31.1 Å². The molecule has 0 aromatic carbocycles. The van der Waals surface area contributed by atoms with E-state index in [1.54, 1.807) is 0 Å². The standard InChI is InChI=1S/C54H92O6/c1-4-7-10-13-16-19-22-24-25-26-27-28-29-30-33-35-38-41-44-47-53(56)59-50-51(49-58-52(55)46-43-40-37-34-31-21-18-15-12-9-6-3)60-54(57)48-45-42-39-36-32-23-20-17-14-11-8-5-2/h7,10,15-16,18-19,21,24-25,27-28,31,51H,4-6,8-9,11-14,17,20,22-23,26,29-30,32-50H2,1-3H3/b10-7-,18-15-,19-16-,25-24-,28-27-,31-21-. The minimum atomic E-state index is -0.788. The molecule has 0 aromatic rings. The minimum Gasteiger partial charge on any atom is -0.462 e. The normalized spacial score (nSPS) is 12.7. The molecule has 0 saturated carbocycles. The van der Waals surface area contributed by atoms with Crippen LogP contribution in [0.5, 0.6) is 0 Å². The molecule has 0 saturated heterocycles. The summed E-state index contributed by atoms with van der Waals surface area (Å²) < 4.78 is 16.7. The fourth-order valence-electron chi connectivity index (χ4n) is 6.70. The first kappa shape index (κ1) is 56.9. The maximum Gasteiger partial charge on any atom is 0.306 e. The van der Waals surface area contributed by atoms with Gasteiger partial charge in [-0.3, -0.25) is 14.4 Å². The van der Waals surface area contributed by atoms with Gasteiger partial charge in [0, 0.05) is 19.3 Å². The molecule has 0 amide bonds. The van der Waals surface area contributed by atoms with Crippen LogP contribution in [0.3, 0.4) is 0 Å². The van der Waals surface area contributed by atoms with Gasteiger partial charge < -0.3 is 14.2 Å². The summed E-state index contributed by atoms with van der Waals surface area (Å²) in [6.07, 6.45) is 60.3. The highest BCUT2D eigenvalue weighted by atomic mass is 16.6. The van der Waals surface area contributed by atoms with Gasteiger partial charge in [0.15, 0.2) is 6.10 Å². The molecule has 1 unspecified atom stereocenters. The topological polar surface area (TPSA) is 78.9 Å². The number of hydrogen-bond donors (Lipinski definition) is 0. The van der Waals surface area contributed by atoms with E-state index in [1.165, 1.54) is 89.9 Å². The molecule has 0 radical (unpaired) electrons. The maximum atomic E-state index is 12.7. The average molecular weight is 837 g/mol. The van der Waals surface area contributed by atoms with Crippen LogP contribution < -0.4 is 0 Å². The Balaban J connectivity index is 4.38. The molecule has 0 aliphatic rings. The van der Waals surface area contributed by atoms with Crippen molar-refractivity contribution in [2.45, 2.75) is 239 Å². The van der Waals surface area contributed by atoms with E-state index in [0.29, 0.717) is 19.3 Å². The van der Waals surface area contributed by atoms with Gasteiger partial charge in [0.05, 0.1) is 0 Å². The van der Waals surface area contributed by atoms with Gasteiger partial charge in [-0.15, -0.1) is 0 Å². The Labute approximate surface area is 370 Å². The van der Waals surface area contributed by atoms with Crippen molar-refractivity contribution in [3.05, 3.63) is 72.9 Å². The predicted molar refractivity (Wildman–Crippen MR) is 256 cm³/mol. The van der Waals surface area contributed by atoms with Crippen LogP contribution in [0.25, 0.3) is 0 Å². The maximum absolute atomic E-state index is 12.7. The lowest BCUT2D eigenvalue weighted by molar-refractivity contribution is -0.167. The highest BCUT2D eigenvalue weighted by Gasteiger charge is 2.19. The van der Waals surface area contributed by atoms with Crippen molar-refractivity contribution in [2.75, 3.05) is 13.2 Å². The third kappa shape index (κ3) is 45.9. The van der Waals surface area contributed by atoms with Crippen molar-refractivity contribution < 1.29 is 28.6 Å². The number of esters is 3. The molecule has 0 aliphatic carbocycles. The Kier molecular flexibility index (Phi) is 46.0. The van der Waals surface area contributed by atoms with Crippen molar-refractivity contribution in [3.8, 4) is 0 Å². The number of ether oxygens (including phenoxy) is 3. The second-order valence-corrected chi connectivity index (χ2v) is 16.4.